The second-order valence-electron chi connectivity index (χ2n) is 8.40. The Morgan fingerprint density at radius 1 is 0.905 bits per heavy atom. The van der Waals surface area contributed by atoms with Crippen molar-refractivity contribution >= 4 is 8.30 Å². The van der Waals surface area contributed by atoms with Gasteiger partial charge in [0.05, 0.1) is 0 Å². The van der Waals surface area contributed by atoms with Gasteiger partial charge in [-0.15, -0.1) is 0 Å². The Labute approximate surface area is 153 Å². The van der Waals surface area contributed by atoms with Gasteiger partial charge in [0.2, 0.25) is 0 Å². The first kappa shape index (κ1) is 21.4. The van der Waals surface area contributed by atoms with Crippen molar-refractivity contribution in [3.05, 3.63) is 23.5 Å². The van der Waals surface area contributed by atoms with E-state index in [1.165, 1.54) is 54.0 Å². The first-order valence-electron chi connectivity index (χ1n) is 7.24. The van der Waals surface area contributed by atoms with Gasteiger partial charge >= 0.3 is 154 Å². The summed E-state index contributed by atoms with van der Waals surface area (Å²) in [6.07, 6.45) is 5.77. The molecule has 21 heavy (non-hydrogen) atoms. The van der Waals surface area contributed by atoms with E-state index < -0.39 is 0 Å². The molecule has 0 fully saturated rings. The Hall–Kier alpha value is 0.397. The number of hydrogen-bond donors (Lipinski definition) is 1. The Bertz CT molecular complexity index is 449. The molecule has 0 aromatic rings. The molecular weight excluding hydrogens is 598 g/mol. The minimum absolute atomic E-state index is 0.115. The van der Waals surface area contributed by atoms with E-state index in [0.717, 1.165) is 0 Å². The maximum absolute atomic E-state index is 3.51. The molecule has 1 nitrogen and oxygen atoms in total. The zero-order valence-corrected chi connectivity index (χ0v) is 20.8. The van der Waals surface area contributed by atoms with E-state index >= 15 is 0 Å². The van der Waals surface area contributed by atoms with Gasteiger partial charge in [0, 0.05) is 0 Å². The van der Waals surface area contributed by atoms with Gasteiger partial charge in [-0.25, -0.2) is 0 Å². The summed E-state index contributed by atoms with van der Waals surface area (Å²) in [6.45, 7) is 19.7. The van der Waals surface area contributed by atoms with Gasteiger partial charge in [0.1, 0.15) is 0 Å². The molecule has 1 N–H and O–H groups in total. The number of allylic oxidation sites excluding steroid dienone is 3. The quantitative estimate of drug-likeness (QED) is 0.397. The van der Waals surface area contributed by atoms with Crippen LogP contribution in [0.2, 0.25) is 0 Å². The molecule has 0 aromatic heterocycles. The van der Waals surface area contributed by atoms with Crippen LogP contribution >= 0.6 is 0 Å². The summed E-state index contributed by atoms with van der Waals surface area (Å²) < 4.78 is 4.56. The van der Waals surface area contributed by atoms with Gasteiger partial charge in [-0.2, -0.15) is 0 Å². The van der Waals surface area contributed by atoms with Crippen LogP contribution in [0.3, 0.4) is 0 Å². The van der Waals surface area contributed by atoms with E-state index in [1.54, 1.807) is 0 Å². The van der Waals surface area contributed by atoms with Crippen molar-refractivity contribution in [2.75, 3.05) is 0 Å². The van der Waals surface area contributed by atoms with Crippen molar-refractivity contribution < 1.29 is 38.7 Å². The van der Waals surface area contributed by atoms with E-state index in [1.807, 2.05) is 0 Å². The Morgan fingerprint density at radius 2 is 1.33 bits per heavy atom. The molecule has 3 heteroatoms. The summed E-state index contributed by atoms with van der Waals surface area (Å²) in [6, 6.07) is 0. The molecule has 0 bridgehead atoms. The normalized spacial score (nSPS) is 17.9. The summed E-state index contributed by atoms with van der Waals surface area (Å²) in [4.78, 5) is 0. The van der Waals surface area contributed by atoms with Gasteiger partial charge in [-0.3, -0.25) is 0 Å². The van der Waals surface area contributed by atoms with E-state index in [2.05, 4.69) is 84.2 Å². The standard InChI is InChI=1S/C13H20N.C5H9.2W/c1-12(2,3)9-10-7-8-11(14-10)13(4,5)6;1-5(2,3)4;;/h8,14H,1-6H3;1-3H3;;/q2*-1;;. The topological polar surface area (TPSA) is 12.0 Å². The van der Waals surface area contributed by atoms with Gasteiger partial charge in [0.25, 0.3) is 0 Å². The van der Waals surface area contributed by atoms with E-state index in [9.17, 15) is 0 Å². The fraction of sp³-hybridized carbons (Fsp3) is 0.667. The van der Waals surface area contributed by atoms with Gasteiger partial charge in [-0.1, -0.05) is 0 Å². The summed E-state index contributed by atoms with van der Waals surface area (Å²) in [5.74, 6) is 0. The van der Waals surface area contributed by atoms with Crippen LogP contribution in [0.5, 0.6) is 0 Å². The molecular formula is C18H29NW2-2. The summed E-state index contributed by atoms with van der Waals surface area (Å²) in [5.41, 5.74) is 3.13. The fourth-order valence-electron chi connectivity index (χ4n) is 1.31. The van der Waals surface area contributed by atoms with Gasteiger partial charge in [0.15, 0.2) is 0 Å². The zero-order valence-electron chi connectivity index (χ0n) is 14.9. The van der Waals surface area contributed by atoms with Crippen molar-refractivity contribution in [2.24, 2.45) is 16.2 Å². The third-order valence-electron chi connectivity index (χ3n) is 2.40. The van der Waals surface area contributed by atoms with E-state index in [0.29, 0.717) is 5.41 Å². The molecule has 0 spiro atoms. The monoisotopic (exact) mass is 627 g/mol. The molecule has 0 unspecified atom stereocenters. The van der Waals surface area contributed by atoms with Crippen molar-refractivity contribution in [3.8, 4) is 0 Å². The third-order valence-corrected chi connectivity index (χ3v) is 5.75. The van der Waals surface area contributed by atoms with Crippen LogP contribution in [0, 0.1) is 22.3 Å². The summed E-state index contributed by atoms with van der Waals surface area (Å²) in [7, 11) is 0. The van der Waals surface area contributed by atoms with Crippen molar-refractivity contribution in [2.45, 2.75) is 62.3 Å². The zero-order chi connectivity index (χ0) is 17.1. The SMILES string of the molecule is CC(C)(C)[C-]=C1NC(C(C)(C)C)=C[C]1=[W].CC(C)(C)[C-]=[W]. The predicted molar refractivity (Wildman–Crippen MR) is 86.4 cm³/mol. The molecule has 0 atom stereocenters. The van der Waals surface area contributed by atoms with Crippen molar-refractivity contribution in [3.63, 3.8) is 0 Å². The molecule has 1 aliphatic rings. The Morgan fingerprint density at radius 3 is 1.57 bits per heavy atom. The van der Waals surface area contributed by atoms with Crippen molar-refractivity contribution in [1.82, 2.24) is 5.32 Å². The molecule has 0 radical (unpaired) electrons. The molecule has 1 heterocycles. The van der Waals surface area contributed by atoms with Crippen LogP contribution in [-0.4, -0.2) is 8.30 Å². The molecule has 1 rings (SSSR count). The molecule has 0 saturated carbocycles. The van der Waals surface area contributed by atoms with Crippen LogP contribution < -0.4 is 5.32 Å². The molecule has 0 aliphatic carbocycles. The van der Waals surface area contributed by atoms with Gasteiger partial charge in [-0.05, 0) is 0 Å². The predicted octanol–water partition coefficient (Wildman–Crippen LogP) is 4.23. The molecule has 0 amide bonds. The Balaban J connectivity index is 0.000000567. The van der Waals surface area contributed by atoms with Crippen LogP contribution in [0.1, 0.15) is 62.3 Å². The summed E-state index contributed by atoms with van der Waals surface area (Å²) in [5, 5.41) is 3.49. The average molecular weight is 627 g/mol. The number of rotatable bonds is 0. The van der Waals surface area contributed by atoms with E-state index in [-0.39, 0.29) is 10.8 Å². The fourth-order valence-corrected chi connectivity index (χ4v) is 2.10. The van der Waals surface area contributed by atoms with Crippen LogP contribution in [-0.2, 0) is 38.7 Å². The minimum atomic E-state index is 0.115. The second-order valence-corrected chi connectivity index (χ2v) is 10.7. The molecule has 1 aliphatic heterocycles. The maximum atomic E-state index is 3.51. The first-order valence-corrected chi connectivity index (χ1v) is 10.2. The molecule has 120 valence electrons. The van der Waals surface area contributed by atoms with E-state index in [4.69, 9.17) is 0 Å². The van der Waals surface area contributed by atoms with Crippen molar-refractivity contribution in [1.29, 1.82) is 0 Å². The van der Waals surface area contributed by atoms with Crippen LogP contribution in [0.25, 0.3) is 0 Å². The number of nitrogens with one attached hydrogen (secondary N) is 1. The number of hydrogen-bond acceptors (Lipinski definition) is 1. The average Bonchev–Trinajstić information content (AvgIpc) is 2.57. The molecule has 0 aromatic carbocycles. The van der Waals surface area contributed by atoms with Crippen LogP contribution in [0.15, 0.2) is 17.5 Å². The summed E-state index contributed by atoms with van der Waals surface area (Å²) >= 11 is 2.95. The van der Waals surface area contributed by atoms with Gasteiger partial charge < -0.3 is 0 Å². The Kier molecular flexibility index (Phi) is 7.93. The van der Waals surface area contributed by atoms with Crippen LogP contribution in [0.4, 0.5) is 0 Å². The first-order chi connectivity index (χ1) is 9.15. The molecule has 0 saturated heterocycles. The second kappa shape index (κ2) is 7.78. The third kappa shape index (κ3) is 9.91.